The Bertz CT molecular complexity index is 717. The largest absolute Gasteiger partial charge is 0.490 e. The molecule has 1 N–H and O–H groups in total. The molecule has 5 heteroatoms. The quantitative estimate of drug-likeness (QED) is 0.548. The highest BCUT2D eigenvalue weighted by Gasteiger charge is 2.16. The first-order chi connectivity index (χ1) is 12.3. The third-order valence-corrected chi connectivity index (χ3v) is 5.10. The van der Waals surface area contributed by atoms with Crippen LogP contribution in [0.25, 0.3) is 0 Å². The van der Waals surface area contributed by atoms with E-state index in [2.05, 4.69) is 42.0 Å². The molecule has 0 atom stereocenters. The Balaban J connectivity index is 2.15. The molecule has 0 aromatic heterocycles. The highest BCUT2D eigenvalue weighted by Crippen LogP contribution is 2.34. The Morgan fingerprint density at radius 2 is 1.69 bits per heavy atom. The summed E-state index contributed by atoms with van der Waals surface area (Å²) in [5.41, 5.74) is 2.09. The van der Waals surface area contributed by atoms with Crippen molar-refractivity contribution >= 4 is 15.9 Å². The number of benzene rings is 2. The Labute approximate surface area is 164 Å². The first-order valence-corrected chi connectivity index (χ1v) is 9.71. The summed E-state index contributed by atoms with van der Waals surface area (Å²) in [6, 6.07) is 10.2. The molecule has 0 amide bonds. The van der Waals surface area contributed by atoms with Gasteiger partial charge in [0.05, 0.1) is 6.61 Å². The van der Waals surface area contributed by atoms with E-state index in [-0.39, 0.29) is 11.4 Å². The smallest absolute Gasteiger partial charge is 0.162 e. The highest BCUT2D eigenvalue weighted by atomic mass is 79.9. The third kappa shape index (κ3) is 5.99. The molecule has 0 aliphatic rings. The lowest BCUT2D eigenvalue weighted by Crippen LogP contribution is -2.37. The number of hydrogen-bond acceptors (Lipinski definition) is 3. The summed E-state index contributed by atoms with van der Waals surface area (Å²) in [5, 5.41) is 3.56. The van der Waals surface area contributed by atoms with E-state index in [0.29, 0.717) is 24.7 Å². The van der Waals surface area contributed by atoms with Gasteiger partial charge in [-0.05, 0) is 62.6 Å². The first-order valence-electron chi connectivity index (χ1n) is 8.92. The second-order valence-corrected chi connectivity index (χ2v) is 7.68. The van der Waals surface area contributed by atoms with Crippen molar-refractivity contribution in [1.29, 1.82) is 0 Å². The van der Waals surface area contributed by atoms with Gasteiger partial charge in [-0.2, -0.15) is 0 Å². The van der Waals surface area contributed by atoms with Gasteiger partial charge >= 0.3 is 0 Å². The number of hydrogen-bond donors (Lipinski definition) is 1. The molecule has 0 saturated heterocycles. The van der Waals surface area contributed by atoms with Crippen LogP contribution in [0, 0.1) is 5.82 Å². The molecule has 3 nitrogen and oxygen atoms in total. The van der Waals surface area contributed by atoms with E-state index in [9.17, 15) is 4.39 Å². The van der Waals surface area contributed by atoms with Crippen LogP contribution in [-0.4, -0.2) is 12.1 Å². The summed E-state index contributed by atoms with van der Waals surface area (Å²) in [5.74, 6) is 1.13. The second kappa shape index (κ2) is 9.38. The van der Waals surface area contributed by atoms with Crippen molar-refractivity contribution in [1.82, 2.24) is 5.32 Å². The average Bonchev–Trinajstić information content (AvgIpc) is 2.62. The fourth-order valence-electron chi connectivity index (χ4n) is 2.30. The normalized spacial score (nSPS) is 11.5. The minimum absolute atomic E-state index is 0.0724. The van der Waals surface area contributed by atoms with Crippen molar-refractivity contribution in [2.24, 2.45) is 0 Å². The molecule has 142 valence electrons. The van der Waals surface area contributed by atoms with E-state index in [1.54, 1.807) is 12.1 Å². The molecule has 0 saturated carbocycles. The van der Waals surface area contributed by atoms with Crippen LogP contribution in [0.2, 0.25) is 0 Å². The van der Waals surface area contributed by atoms with Crippen molar-refractivity contribution < 1.29 is 13.9 Å². The molecule has 2 aromatic carbocycles. The summed E-state index contributed by atoms with van der Waals surface area (Å²) in [4.78, 5) is 0. The number of rotatable bonds is 9. The summed E-state index contributed by atoms with van der Waals surface area (Å²) in [6.45, 7) is 10.1. The van der Waals surface area contributed by atoms with Gasteiger partial charge in [0.15, 0.2) is 11.5 Å². The van der Waals surface area contributed by atoms with Gasteiger partial charge in [-0.1, -0.05) is 35.0 Å². The van der Waals surface area contributed by atoms with E-state index in [1.165, 1.54) is 12.1 Å². The summed E-state index contributed by atoms with van der Waals surface area (Å²) >= 11 is 3.63. The van der Waals surface area contributed by atoms with Crippen LogP contribution in [0.4, 0.5) is 4.39 Å². The molecule has 0 aliphatic heterocycles. The van der Waals surface area contributed by atoms with Crippen molar-refractivity contribution in [3.8, 4) is 11.5 Å². The van der Waals surface area contributed by atoms with E-state index in [4.69, 9.17) is 9.47 Å². The molecular formula is C21H27BrFNO2. The van der Waals surface area contributed by atoms with E-state index in [1.807, 2.05) is 19.1 Å². The molecule has 0 radical (unpaired) electrons. The van der Waals surface area contributed by atoms with Crippen LogP contribution in [0.3, 0.4) is 0 Å². The van der Waals surface area contributed by atoms with Crippen LogP contribution < -0.4 is 14.8 Å². The Morgan fingerprint density at radius 1 is 1.04 bits per heavy atom. The van der Waals surface area contributed by atoms with Gasteiger partial charge in [-0.15, -0.1) is 0 Å². The second-order valence-electron chi connectivity index (χ2n) is 6.83. The maximum Gasteiger partial charge on any atom is 0.162 e. The zero-order chi connectivity index (χ0) is 19.2. The lowest BCUT2D eigenvalue weighted by Gasteiger charge is -2.25. The Morgan fingerprint density at radius 3 is 2.31 bits per heavy atom. The van der Waals surface area contributed by atoms with Crippen LogP contribution >= 0.6 is 15.9 Å². The molecule has 0 heterocycles. The van der Waals surface area contributed by atoms with Gasteiger partial charge < -0.3 is 14.8 Å². The number of nitrogens with one attached hydrogen (secondary N) is 1. The molecular weight excluding hydrogens is 397 g/mol. The fourth-order valence-corrected chi connectivity index (χ4v) is 2.76. The molecule has 0 aliphatic carbocycles. The maximum atomic E-state index is 13.0. The van der Waals surface area contributed by atoms with Gasteiger partial charge in [-0.25, -0.2) is 4.39 Å². The first kappa shape index (κ1) is 20.7. The van der Waals surface area contributed by atoms with E-state index in [0.717, 1.165) is 28.6 Å². The summed E-state index contributed by atoms with van der Waals surface area (Å²) in [7, 11) is 0. The van der Waals surface area contributed by atoms with Crippen LogP contribution in [-0.2, 0) is 13.2 Å². The molecule has 0 spiro atoms. The van der Waals surface area contributed by atoms with Gasteiger partial charge in [0.1, 0.15) is 12.4 Å². The minimum atomic E-state index is -0.252. The van der Waals surface area contributed by atoms with Gasteiger partial charge in [0.25, 0.3) is 0 Å². The molecule has 2 rings (SSSR count). The maximum absolute atomic E-state index is 13.0. The molecule has 0 unspecified atom stereocenters. The predicted octanol–water partition coefficient (Wildman–Crippen LogP) is 5.84. The zero-order valence-corrected chi connectivity index (χ0v) is 17.5. The van der Waals surface area contributed by atoms with Gasteiger partial charge in [0, 0.05) is 16.6 Å². The average molecular weight is 424 g/mol. The van der Waals surface area contributed by atoms with Gasteiger partial charge in [-0.3, -0.25) is 0 Å². The van der Waals surface area contributed by atoms with Crippen LogP contribution in [0.1, 0.15) is 45.2 Å². The lowest BCUT2D eigenvalue weighted by molar-refractivity contribution is 0.268. The van der Waals surface area contributed by atoms with E-state index >= 15 is 0 Å². The van der Waals surface area contributed by atoms with Gasteiger partial charge in [0.2, 0.25) is 0 Å². The molecule has 0 fully saturated rings. The summed E-state index contributed by atoms with van der Waals surface area (Å²) in [6.07, 6.45) is 1.04. The van der Waals surface area contributed by atoms with Crippen molar-refractivity contribution in [2.45, 2.75) is 52.8 Å². The molecule has 26 heavy (non-hydrogen) atoms. The van der Waals surface area contributed by atoms with E-state index < -0.39 is 0 Å². The molecule has 2 aromatic rings. The lowest BCUT2D eigenvalue weighted by atomic mass is 10.0. The van der Waals surface area contributed by atoms with Crippen LogP contribution in [0.5, 0.6) is 11.5 Å². The fraction of sp³-hybridized carbons (Fsp3) is 0.429. The number of ether oxygens (including phenoxy) is 2. The molecule has 0 bridgehead atoms. The Kier molecular flexibility index (Phi) is 7.47. The minimum Gasteiger partial charge on any atom is -0.490 e. The van der Waals surface area contributed by atoms with Crippen molar-refractivity contribution in [3.05, 3.63) is 57.8 Å². The number of halogens is 2. The predicted molar refractivity (Wildman–Crippen MR) is 107 cm³/mol. The van der Waals surface area contributed by atoms with Crippen molar-refractivity contribution in [3.63, 3.8) is 0 Å². The monoisotopic (exact) mass is 423 g/mol. The standard InChI is InChI=1S/C21H27BrFNO2/c1-5-21(3,4)24-13-16-11-19(25-6-2)20(12-18(16)22)26-14-15-7-9-17(23)10-8-15/h7-12,24H,5-6,13-14H2,1-4H3. The topological polar surface area (TPSA) is 30.5 Å². The SMILES string of the molecule is CCOc1cc(CNC(C)(C)CC)c(Br)cc1OCc1ccc(F)cc1. The van der Waals surface area contributed by atoms with Crippen molar-refractivity contribution in [2.75, 3.05) is 6.61 Å². The zero-order valence-electron chi connectivity index (χ0n) is 15.9. The highest BCUT2D eigenvalue weighted by molar-refractivity contribution is 9.10. The third-order valence-electron chi connectivity index (χ3n) is 4.36. The van der Waals surface area contributed by atoms with Crippen LogP contribution in [0.15, 0.2) is 40.9 Å². The summed E-state index contributed by atoms with van der Waals surface area (Å²) < 4.78 is 25.7. The Hall–Kier alpha value is -1.59.